The molecule has 0 amide bonds. The second-order valence-electron chi connectivity index (χ2n) is 6.93. The highest BCUT2D eigenvalue weighted by Crippen LogP contribution is 2.40. The first-order valence-electron chi connectivity index (χ1n) is 9.46. The van der Waals surface area contributed by atoms with Gasteiger partial charge in [0.05, 0.1) is 4.92 Å². The third-order valence-electron chi connectivity index (χ3n) is 5.38. The van der Waals surface area contributed by atoms with Gasteiger partial charge < -0.3 is 0 Å². The van der Waals surface area contributed by atoms with E-state index < -0.39 is 0 Å². The van der Waals surface area contributed by atoms with Gasteiger partial charge in [0.15, 0.2) is 0 Å². The average Bonchev–Trinajstić information content (AvgIpc) is 2.73. The van der Waals surface area contributed by atoms with E-state index in [0.717, 1.165) is 23.1 Å². The fraction of sp³-hybridized carbons (Fsp3) is 0.120. The van der Waals surface area contributed by atoms with Crippen LogP contribution in [0.2, 0.25) is 0 Å². The van der Waals surface area contributed by atoms with Crippen LogP contribution in [0, 0.1) is 17.0 Å². The molecule has 0 spiro atoms. The van der Waals surface area contributed by atoms with E-state index in [1.54, 1.807) is 12.1 Å². The topological polar surface area (TPSA) is 43.1 Å². The summed E-state index contributed by atoms with van der Waals surface area (Å²) in [6, 6.07) is 26.3. The molecule has 0 aliphatic carbocycles. The third-order valence-corrected chi connectivity index (χ3v) is 5.38. The fourth-order valence-electron chi connectivity index (χ4n) is 3.98. The molecule has 0 aromatic heterocycles. The Bertz CT molecular complexity index is 1190. The van der Waals surface area contributed by atoms with Crippen molar-refractivity contribution in [2.24, 2.45) is 0 Å². The van der Waals surface area contributed by atoms with Crippen LogP contribution in [0.1, 0.15) is 18.1 Å². The number of hydrogen-bond acceptors (Lipinski definition) is 2. The number of nitro benzene ring substituents is 1. The van der Waals surface area contributed by atoms with Crippen LogP contribution >= 0.6 is 0 Å². The Labute approximate surface area is 164 Å². The molecule has 4 aromatic carbocycles. The molecule has 0 heterocycles. The fourth-order valence-corrected chi connectivity index (χ4v) is 3.98. The summed E-state index contributed by atoms with van der Waals surface area (Å²) in [5.74, 6) is 0. The van der Waals surface area contributed by atoms with Crippen molar-refractivity contribution < 1.29 is 4.92 Å². The van der Waals surface area contributed by atoms with Gasteiger partial charge in [0.1, 0.15) is 0 Å². The van der Waals surface area contributed by atoms with Crippen LogP contribution in [0.25, 0.3) is 33.0 Å². The van der Waals surface area contributed by atoms with Crippen molar-refractivity contribution in [1.29, 1.82) is 0 Å². The average molecular weight is 367 g/mol. The Morgan fingerprint density at radius 3 is 2.21 bits per heavy atom. The van der Waals surface area contributed by atoms with Crippen molar-refractivity contribution in [2.45, 2.75) is 20.3 Å². The van der Waals surface area contributed by atoms with Crippen molar-refractivity contribution in [1.82, 2.24) is 0 Å². The maximum Gasteiger partial charge on any atom is 0.272 e. The van der Waals surface area contributed by atoms with Gasteiger partial charge in [0.25, 0.3) is 5.69 Å². The van der Waals surface area contributed by atoms with Gasteiger partial charge in [-0.05, 0) is 51.9 Å². The van der Waals surface area contributed by atoms with Gasteiger partial charge >= 0.3 is 0 Å². The molecule has 0 bridgehead atoms. The first-order valence-corrected chi connectivity index (χ1v) is 9.46. The van der Waals surface area contributed by atoms with E-state index in [4.69, 9.17) is 0 Å². The molecule has 0 saturated heterocycles. The minimum absolute atomic E-state index is 0.154. The van der Waals surface area contributed by atoms with E-state index in [1.807, 2.05) is 31.2 Å². The van der Waals surface area contributed by atoms with Crippen LogP contribution in [0.3, 0.4) is 0 Å². The Balaban J connectivity index is 2.06. The smallest absolute Gasteiger partial charge is 0.258 e. The molecule has 0 fully saturated rings. The Hall–Kier alpha value is -3.46. The van der Waals surface area contributed by atoms with Gasteiger partial charge in [-0.1, -0.05) is 79.7 Å². The molecular weight excluding hydrogens is 346 g/mol. The summed E-state index contributed by atoms with van der Waals surface area (Å²) in [6.45, 7) is 3.99. The van der Waals surface area contributed by atoms with Gasteiger partial charge in [-0.3, -0.25) is 10.1 Å². The first kappa shape index (κ1) is 17.9. The third kappa shape index (κ3) is 2.95. The maximum atomic E-state index is 11.4. The normalized spacial score (nSPS) is 10.9. The van der Waals surface area contributed by atoms with Crippen LogP contribution in [0.4, 0.5) is 5.69 Å². The predicted octanol–water partition coefficient (Wildman–Crippen LogP) is 6.95. The van der Waals surface area contributed by atoms with Crippen LogP contribution < -0.4 is 0 Å². The van der Waals surface area contributed by atoms with Gasteiger partial charge in [-0.2, -0.15) is 0 Å². The molecular formula is C25H21NO2. The molecule has 4 rings (SSSR count). The zero-order chi connectivity index (χ0) is 19.7. The molecule has 4 aromatic rings. The molecule has 3 nitrogen and oxygen atoms in total. The van der Waals surface area contributed by atoms with Gasteiger partial charge in [0.2, 0.25) is 0 Å². The number of rotatable bonds is 4. The van der Waals surface area contributed by atoms with E-state index >= 15 is 0 Å². The summed E-state index contributed by atoms with van der Waals surface area (Å²) >= 11 is 0. The minimum Gasteiger partial charge on any atom is -0.258 e. The summed E-state index contributed by atoms with van der Waals surface area (Å²) in [5, 5.41) is 13.8. The number of nitrogens with zero attached hydrogens (tertiary/aromatic N) is 1. The number of hydrogen-bond donors (Lipinski definition) is 0. The van der Waals surface area contributed by atoms with E-state index in [-0.39, 0.29) is 10.6 Å². The van der Waals surface area contributed by atoms with Gasteiger partial charge in [0, 0.05) is 11.6 Å². The molecule has 0 N–H and O–H groups in total. The first-order chi connectivity index (χ1) is 13.6. The largest absolute Gasteiger partial charge is 0.272 e. The number of fused-ring (bicyclic) bond motifs is 1. The second kappa shape index (κ2) is 7.28. The van der Waals surface area contributed by atoms with E-state index in [9.17, 15) is 10.1 Å². The van der Waals surface area contributed by atoms with Gasteiger partial charge in [-0.15, -0.1) is 0 Å². The Kier molecular flexibility index (Phi) is 4.66. The standard InChI is InChI=1S/C25H21NO2/c1-3-18-15-16-19-9-4-5-10-21(19)25(18)23-12-7-6-11-22(23)20-13-8-14-24(17(20)2)26(27)28/h4-16H,3H2,1-2H3. The molecule has 0 saturated carbocycles. The number of benzene rings is 4. The summed E-state index contributed by atoms with van der Waals surface area (Å²) in [4.78, 5) is 11.1. The Morgan fingerprint density at radius 2 is 1.46 bits per heavy atom. The van der Waals surface area contributed by atoms with Crippen LogP contribution in [0.15, 0.2) is 78.9 Å². The van der Waals surface area contributed by atoms with Crippen LogP contribution in [0.5, 0.6) is 0 Å². The van der Waals surface area contributed by atoms with Gasteiger partial charge in [-0.25, -0.2) is 0 Å². The minimum atomic E-state index is -0.309. The van der Waals surface area contributed by atoms with Crippen molar-refractivity contribution in [2.75, 3.05) is 0 Å². The van der Waals surface area contributed by atoms with Crippen LogP contribution in [-0.2, 0) is 6.42 Å². The highest BCUT2D eigenvalue weighted by atomic mass is 16.6. The lowest BCUT2D eigenvalue weighted by molar-refractivity contribution is -0.385. The molecule has 0 atom stereocenters. The van der Waals surface area contributed by atoms with E-state index in [0.29, 0.717) is 5.56 Å². The highest BCUT2D eigenvalue weighted by molar-refractivity contribution is 6.02. The molecule has 28 heavy (non-hydrogen) atoms. The SMILES string of the molecule is CCc1ccc2ccccc2c1-c1ccccc1-c1cccc([N+](=O)[O-])c1C. The predicted molar refractivity (Wildman–Crippen MR) is 116 cm³/mol. The summed E-state index contributed by atoms with van der Waals surface area (Å²) < 4.78 is 0. The zero-order valence-electron chi connectivity index (χ0n) is 16.0. The Morgan fingerprint density at radius 1 is 0.786 bits per heavy atom. The quantitative estimate of drug-likeness (QED) is 0.289. The molecule has 0 unspecified atom stereocenters. The van der Waals surface area contributed by atoms with E-state index in [1.165, 1.54) is 21.9 Å². The number of aryl methyl sites for hydroxylation is 1. The lowest BCUT2D eigenvalue weighted by atomic mass is 9.86. The second-order valence-corrected chi connectivity index (χ2v) is 6.93. The molecule has 0 aliphatic rings. The number of nitro groups is 1. The summed E-state index contributed by atoms with van der Waals surface area (Å²) in [6.07, 6.45) is 0.919. The summed E-state index contributed by atoms with van der Waals surface area (Å²) in [7, 11) is 0. The lowest BCUT2D eigenvalue weighted by Crippen LogP contribution is -1.96. The van der Waals surface area contributed by atoms with Crippen molar-refractivity contribution >= 4 is 16.5 Å². The summed E-state index contributed by atoms with van der Waals surface area (Å²) in [5.41, 5.74) is 6.37. The maximum absolute atomic E-state index is 11.4. The van der Waals surface area contributed by atoms with Crippen molar-refractivity contribution in [3.05, 3.63) is 100 Å². The highest BCUT2D eigenvalue weighted by Gasteiger charge is 2.18. The monoisotopic (exact) mass is 367 g/mol. The molecule has 0 aliphatic heterocycles. The zero-order valence-corrected chi connectivity index (χ0v) is 16.0. The molecule has 0 radical (unpaired) electrons. The molecule has 138 valence electrons. The lowest BCUT2D eigenvalue weighted by Gasteiger charge is -2.17. The molecule has 3 heteroatoms. The van der Waals surface area contributed by atoms with E-state index in [2.05, 4.69) is 49.4 Å². The van der Waals surface area contributed by atoms with Crippen LogP contribution in [-0.4, -0.2) is 4.92 Å². The van der Waals surface area contributed by atoms with Crippen molar-refractivity contribution in [3.8, 4) is 22.3 Å². The van der Waals surface area contributed by atoms with Crippen molar-refractivity contribution in [3.63, 3.8) is 0 Å².